The second-order valence-corrected chi connectivity index (χ2v) is 5.70. The standard InChI is InChI=1S/C20H19FN4O2/c1-3-27-18-7-5-4-6-16(18)25-20(26)17-12-19(23-13(2)22-17)24-15-10-8-14(21)9-11-15/h4-12H,3H2,1-2H3,(H,25,26)(H,22,23,24). The van der Waals surface area contributed by atoms with Gasteiger partial charge in [-0.25, -0.2) is 14.4 Å². The molecule has 1 amide bonds. The van der Waals surface area contributed by atoms with Crippen LogP contribution in [0.3, 0.4) is 0 Å². The van der Waals surface area contributed by atoms with Crippen LogP contribution in [-0.4, -0.2) is 22.5 Å². The van der Waals surface area contributed by atoms with E-state index in [-0.39, 0.29) is 17.4 Å². The summed E-state index contributed by atoms with van der Waals surface area (Å²) in [6.07, 6.45) is 0. The third-order valence-electron chi connectivity index (χ3n) is 3.62. The molecular weight excluding hydrogens is 347 g/mol. The normalized spacial score (nSPS) is 10.3. The largest absolute Gasteiger partial charge is 0.492 e. The van der Waals surface area contributed by atoms with Crippen LogP contribution in [0.4, 0.5) is 21.6 Å². The van der Waals surface area contributed by atoms with Gasteiger partial charge >= 0.3 is 0 Å². The van der Waals surface area contributed by atoms with Crippen molar-refractivity contribution in [1.29, 1.82) is 0 Å². The van der Waals surface area contributed by atoms with Crippen LogP contribution in [0, 0.1) is 12.7 Å². The van der Waals surface area contributed by atoms with Crippen LogP contribution in [-0.2, 0) is 0 Å². The lowest BCUT2D eigenvalue weighted by Crippen LogP contribution is -2.16. The molecule has 3 aromatic rings. The highest BCUT2D eigenvalue weighted by atomic mass is 19.1. The van der Waals surface area contributed by atoms with E-state index in [0.717, 1.165) is 0 Å². The van der Waals surface area contributed by atoms with Gasteiger partial charge in [0.05, 0.1) is 12.3 Å². The van der Waals surface area contributed by atoms with Crippen molar-refractivity contribution in [2.45, 2.75) is 13.8 Å². The van der Waals surface area contributed by atoms with E-state index in [1.165, 1.54) is 18.2 Å². The van der Waals surface area contributed by atoms with E-state index >= 15 is 0 Å². The maximum absolute atomic E-state index is 13.0. The van der Waals surface area contributed by atoms with Crippen molar-refractivity contribution in [1.82, 2.24) is 9.97 Å². The molecule has 0 atom stereocenters. The molecule has 0 aliphatic heterocycles. The number of hydrogen-bond donors (Lipinski definition) is 2. The van der Waals surface area contributed by atoms with E-state index in [0.29, 0.717) is 35.4 Å². The number of aromatic nitrogens is 2. The van der Waals surface area contributed by atoms with Gasteiger partial charge in [0, 0.05) is 11.8 Å². The lowest BCUT2D eigenvalue weighted by Gasteiger charge is -2.12. The fraction of sp³-hybridized carbons (Fsp3) is 0.150. The molecule has 7 heteroatoms. The summed E-state index contributed by atoms with van der Waals surface area (Å²) < 4.78 is 18.6. The Morgan fingerprint density at radius 3 is 2.59 bits per heavy atom. The average molecular weight is 366 g/mol. The van der Waals surface area contributed by atoms with Crippen LogP contribution in [0.2, 0.25) is 0 Å². The maximum Gasteiger partial charge on any atom is 0.274 e. The Balaban J connectivity index is 1.81. The summed E-state index contributed by atoms with van der Waals surface area (Å²) in [6, 6.07) is 14.6. The monoisotopic (exact) mass is 366 g/mol. The third-order valence-corrected chi connectivity index (χ3v) is 3.62. The van der Waals surface area contributed by atoms with Gasteiger partial charge in [-0.3, -0.25) is 4.79 Å². The number of amides is 1. The fourth-order valence-corrected chi connectivity index (χ4v) is 2.47. The topological polar surface area (TPSA) is 76.1 Å². The van der Waals surface area contributed by atoms with Crippen LogP contribution in [0.25, 0.3) is 0 Å². The number of carbonyl (C=O) groups excluding carboxylic acids is 1. The summed E-state index contributed by atoms with van der Waals surface area (Å²) in [5, 5.41) is 5.85. The Kier molecular flexibility index (Phi) is 5.61. The molecule has 0 spiro atoms. The molecule has 0 fully saturated rings. The van der Waals surface area contributed by atoms with Crippen LogP contribution >= 0.6 is 0 Å². The first-order chi connectivity index (χ1) is 13.0. The van der Waals surface area contributed by atoms with Crippen molar-refractivity contribution < 1.29 is 13.9 Å². The molecule has 0 saturated carbocycles. The number of rotatable bonds is 6. The minimum Gasteiger partial charge on any atom is -0.492 e. The molecule has 0 bridgehead atoms. The number of hydrogen-bond acceptors (Lipinski definition) is 5. The SMILES string of the molecule is CCOc1ccccc1NC(=O)c1cc(Nc2ccc(F)cc2)nc(C)n1. The highest BCUT2D eigenvalue weighted by molar-refractivity contribution is 6.04. The summed E-state index contributed by atoms with van der Waals surface area (Å²) in [4.78, 5) is 21.1. The first kappa shape index (κ1) is 18.3. The first-order valence-corrected chi connectivity index (χ1v) is 8.46. The van der Waals surface area contributed by atoms with Gasteiger partial charge in [0.15, 0.2) is 0 Å². The number of halogens is 1. The molecule has 1 heterocycles. The van der Waals surface area contributed by atoms with E-state index in [9.17, 15) is 9.18 Å². The number of para-hydroxylation sites is 2. The number of anilines is 3. The van der Waals surface area contributed by atoms with Crippen molar-refractivity contribution in [2.24, 2.45) is 0 Å². The van der Waals surface area contributed by atoms with E-state index < -0.39 is 0 Å². The van der Waals surface area contributed by atoms with Gasteiger partial charge in [-0.05, 0) is 50.2 Å². The van der Waals surface area contributed by atoms with E-state index in [1.807, 2.05) is 19.1 Å². The zero-order valence-corrected chi connectivity index (χ0v) is 15.0. The molecule has 6 nitrogen and oxygen atoms in total. The summed E-state index contributed by atoms with van der Waals surface area (Å²) in [5.74, 6) is 0.758. The summed E-state index contributed by atoms with van der Waals surface area (Å²) in [5.41, 5.74) is 1.43. The molecule has 0 radical (unpaired) electrons. The smallest absolute Gasteiger partial charge is 0.274 e. The molecule has 2 N–H and O–H groups in total. The summed E-state index contributed by atoms with van der Waals surface area (Å²) in [6.45, 7) is 4.06. The Morgan fingerprint density at radius 1 is 1.11 bits per heavy atom. The molecule has 2 aromatic carbocycles. The van der Waals surface area contributed by atoms with E-state index in [2.05, 4.69) is 20.6 Å². The zero-order chi connectivity index (χ0) is 19.2. The number of ether oxygens (including phenoxy) is 1. The van der Waals surface area contributed by atoms with Gasteiger partial charge in [0.25, 0.3) is 5.91 Å². The van der Waals surface area contributed by atoms with Gasteiger partial charge in [0.1, 0.15) is 28.9 Å². The third kappa shape index (κ3) is 4.78. The molecule has 0 unspecified atom stereocenters. The Morgan fingerprint density at radius 2 is 1.85 bits per heavy atom. The van der Waals surface area contributed by atoms with Crippen LogP contribution < -0.4 is 15.4 Å². The molecule has 0 aliphatic rings. The average Bonchev–Trinajstić information content (AvgIpc) is 2.65. The van der Waals surface area contributed by atoms with Gasteiger partial charge in [0.2, 0.25) is 0 Å². The molecule has 27 heavy (non-hydrogen) atoms. The number of nitrogens with one attached hydrogen (secondary N) is 2. The van der Waals surface area contributed by atoms with Gasteiger partial charge in [-0.15, -0.1) is 0 Å². The van der Waals surface area contributed by atoms with Crippen molar-refractivity contribution in [3.8, 4) is 5.75 Å². The Hall–Kier alpha value is -3.48. The highest BCUT2D eigenvalue weighted by Gasteiger charge is 2.13. The summed E-state index contributed by atoms with van der Waals surface area (Å²) >= 11 is 0. The van der Waals surface area contributed by atoms with Crippen LogP contribution in [0.1, 0.15) is 23.2 Å². The maximum atomic E-state index is 13.0. The predicted molar refractivity (Wildman–Crippen MR) is 102 cm³/mol. The number of aryl methyl sites for hydroxylation is 1. The van der Waals surface area contributed by atoms with Crippen molar-refractivity contribution in [3.05, 3.63) is 71.9 Å². The van der Waals surface area contributed by atoms with Crippen molar-refractivity contribution in [2.75, 3.05) is 17.2 Å². The lowest BCUT2D eigenvalue weighted by atomic mass is 10.2. The van der Waals surface area contributed by atoms with Gasteiger partial charge in [-0.2, -0.15) is 0 Å². The van der Waals surface area contributed by atoms with Gasteiger partial charge in [-0.1, -0.05) is 12.1 Å². The van der Waals surface area contributed by atoms with Gasteiger partial charge < -0.3 is 15.4 Å². The molecule has 0 saturated heterocycles. The Bertz CT molecular complexity index is 945. The van der Waals surface area contributed by atoms with Crippen molar-refractivity contribution >= 4 is 23.1 Å². The lowest BCUT2D eigenvalue weighted by molar-refractivity contribution is 0.102. The second-order valence-electron chi connectivity index (χ2n) is 5.70. The number of nitrogens with zero attached hydrogens (tertiary/aromatic N) is 2. The minimum atomic E-state index is -0.380. The highest BCUT2D eigenvalue weighted by Crippen LogP contribution is 2.24. The Labute approximate surface area is 156 Å². The molecule has 0 aliphatic carbocycles. The number of carbonyl (C=O) groups is 1. The molecule has 138 valence electrons. The first-order valence-electron chi connectivity index (χ1n) is 8.46. The van der Waals surface area contributed by atoms with Crippen LogP contribution in [0.15, 0.2) is 54.6 Å². The fourth-order valence-electron chi connectivity index (χ4n) is 2.47. The predicted octanol–water partition coefficient (Wildman–Crippen LogP) is 4.32. The molecule has 3 rings (SSSR count). The zero-order valence-electron chi connectivity index (χ0n) is 15.0. The minimum absolute atomic E-state index is 0.207. The molecule has 1 aromatic heterocycles. The van der Waals surface area contributed by atoms with Crippen LogP contribution in [0.5, 0.6) is 5.75 Å². The van der Waals surface area contributed by atoms with E-state index in [1.54, 1.807) is 31.2 Å². The number of benzene rings is 2. The van der Waals surface area contributed by atoms with Crippen molar-refractivity contribution in [3.63, 3.8) is 0 Å². The summed E-state index contributed by atoms with van der Waals surface area (Å²) in [7, 11) is 0. The quantitative estimate of drug-likeness (QED) is 0.679. The van der Waals surface area contributed by atoms with E-state index in [4.69, 9.17) is 4.74 Å². The second kappa shape index (κ2) is 8.27. The molecular formula is C20H19FN4O2.